The van der Waals surface area contributed by atoms with Gasteiger partial charge in [-0.3, -0.25) is 4.79 Å². The molecule has 0 saturated carbocycles. The number of benzene rings is 3. The van der Waals surface area contributed by atoms with Crippen LogP contribution in [0.1, 0.15) is 71.4 Å². The smallest absolute Gasteiger partial charge is 0.162 e. The van der Waals surface area contributed by atoms with Gasteiger partial charge in [0.1, 0.15) is 0 Å². The maximum atomic E-state index is 11.7. The number of aliphatic hydroxyl groups is 1. The molecule has 0 atom stereocenters. The summed E-state index contributed by atoms with van der Waals surface area (Å²) in [5.41, 5.74) is 8.92. The summed E-state index contributed by atoms with van der Waals surface area (Å²) in [5, 5.41) is 10.9. The number of aryl methyl sites for hydroxylation is 3. The zero-order chi connectivity index (χ0) is 33.4. The van der Waals surface area contributed by atoms with E-state index < -0.39 is 0 Å². The number of hydrogen-bond donors (Lipinski definition) is 1. The molecule has 3 aromatic carbocycles. The van der Waals surface area contributed by atoms with Crippen LogP contribution in [0.25, 0.3) is 42.9 Å². The molecule has 0 saturated heterocycles. The van der Waals surface area contributed by atoms with Gasteiger partial charge >= 0.3 is 0 Å². The van der Waals surface area contributed by atoms with Crippen LogP contribution in [0.2, 0.25) is 0 Å². The number of pyridine rings is 1. The van der Waals surface area contributed by atoms with Crippen LogP contribution in [0, 0.1) is 38.7 Å². The van der Waals surface area contributed by atoms with E-state index in [0.717, 1.165) is 52.6 Å². The molecule has 0 amide bonds. The monoisotopic (exact) mass is 810 g/mol. The molecule has 0 spiro atoms. The van der Waals surface area contributed by atoms with Gasteiger partial charge in [-0.25, -0.2) is 0 Å². The third-order valence-electron chi connectivity index (χ3n) is 8.53. The molecule has 2 heterocycles. The van der Waals surface area contributed by atoms with E-state index in [2.05, 4.69) is 92.5 Å². The molecule has 5 aromatic rings. The number of carbonyl (C=O) groups excluding carboxylic acids is 1. The largest absolute Gasteiger partial charge is 0.512 e. The molecule has 0 bridgehead atoms. The molecule has 0 aliphatic carbocycles. The molecule has 5 rings (SSSR count). The van der Waals surface area contributed by atoms with Crippen LogP contribution in [0.15, 0.2) is 90.8 Å². The van der Waals surface area contributed by atoms with Gasteiger partial charge in [-0.1, -0.05) is 96.1 Å². The second-order valence-corrected chi connectivity index (χ2v) is 12.7. The van der Waals surface area contributed by atoms with Gasteiger partial charge in [0.2, 0.25) is 0 Å². The van der Waals surface area contributed by atoms with E-state index in [0.29, 0.717) is 6.17 Å². The first-order chi connectivity index (χ1) is 22.1. The van der Waals surface area contributed by atoms with Gasteiger partial charge in [-0.2, -0.15) is 0 Å². The average molecular weight is 810 g/mol. The first-order valence-electron chi connectivity index (χ1n) is 16.6. The van der Waals surface area contributed by atoms with E-state index in [-0.39, 0.29) is 43.5 Å². The van der Waals surface area contributed by atoms with Crippen molar-refractivity contribution < 1.29 is 31.4 Å². The summed E-state index contributed by atoms with van der Waals surface area (Å²) in [5.74, 6) is 0.547. The van der Waals surface area contributed by atoms with Crippen LogP contribution in [-0.4, -0.2) is 15.9 Å². The number of thiophene rings is 1. The summed E-state index contributed by atoms with van der Waals surface area (Å²) in [6.07, 6.45) is 5.20. The summed E-state index contributed by atoms with van der Waals surface area (Å²) in [6.45, 7) is 14.4. The van der Waals surface area contributed by atoms with Crippen molar-refractivity contribution in [1.82, 2.24) is 4.98 Å². The van der Waals surface area contributed by atoms with E-state index in [1.165, 1.54) is 38.8 Å². The Balaban J connectivity index is 0.000000322. The second-order valence-electron chi connectivity index (χ2n) is 11.7. The Morgan fingerprint density at radius 1 is 0.870 bits per heavy atom. The fourth-order valence-electron chi connectivity index (χ4n) is 5.79. The molecule has 0 unspecified atom stereocenters. The third kappa shape index (κ3) is 8.91. The quantitative estimate of drug-likeness (QED) is 0.0868. The predicted octanol–water partition coefficient (Wildman–Crippen LogP) is 11.9. The number of carbonyl (C=O) groups is 1. The fraction of sp³-hybridized carbons (Fsp3) is 0.317. The Labute approximate surface area is 294 Å². The van der Waals surface area contributed by atoms with Gasteiger partial charge in [0.15, 0.2) is 5.78 Å². The summed E-state index contributed by atoms with van der Waals surface area (Å²) < 4.78 is 9.41. The second kappa shape index (κ2) is 17.5. The molecule has 1 radical (unpaired) electrons. The zero-order valence-corrected chi connectivity index (χ0v) is 31.2. The normalized spacial score (nSPS) is 11.7. The standard InChI is InChI=1S/C28H22NS.C13H24O2.Ir/c1-18-15-19(2)17-24(16-18)26-28-25(13-14-29-26)20(3)27(30-28)23-11-9-22(10-12-23)21-7-5-4-6-8-21;1-5-10(6-2)12(14)9-13(15)11(7-3)8-4;/h4-16H,1-3H3;9-11,14H,5-8H2,1-4H3;/q-1;;/b;12-9-;/i14D;;. The molecule has 2 aromatic heterocycles. The Morgan fingerprint density at radius 3 is 2.04 bits per heavy atom. The summed E-state index contributed by atoms with van der Waals surface area (Å²) in [4.78, 5) is 17.5. The number of allylic oxidation sites excluding steroid dienone is 2. The van der Waals surface area contributed by atoms with Gasteiger partial charge < -0.3 is 10.1 Å². The first-order valence-corrected chi connectivity index (χ1v) is 16.9. The van der Waals surface area contributed by atoms with E-state index in [1.54, 1.807) is 11.3 Å². The van der Waals surface area contributed by atoms with Crippen LogP contribution in [0.3, 0.4) is 0 Å². The van der Waals surface area contributed by atoms with Gasteiger partial charge in [0.25, 0.3) is 0 Å². The Kier molecular flexibility index (Phi) is 13.5. The van der Waals surface area contributed by atoms with Crippen molar-refractivity contribution in [3.63, 3.8) is 0 Å². The van der Waals surface area contributed by atoms with Gasteiger partial charge in [0, 0.05) is 59.5 Å². The van der Waals surface area contributed by atoms with E-state index >= 15 is 0 Å². The third-order valence-corrected chi connectivity index (χ3v) is 9.90. The average Bonchev–Trinajstić information content (AvgIpc) is 3.38. The van der Waals surface area contributed by atoms with Gasteiger partial charge in [-0.15, -0.1) is 46.2 Å². The topological polar surface area (TPSA) is 50.2 Å². The molecule has 243 valence electrons. The summed E-state index contributed by atoms with van der Waals surface area (Å²) >= 11 is 1.75. The summed E-state index contributed by atoms with van der Waals surface area (Å²) in [6, 6.07) is 28.7. The molecule has 3 nitrogen and oxygen atoms in total. The molecular formula is C41H46IrNO2S-. The molecule has 0 fully saturated rings. The predicted molar refractivity (Wildman–Crippen MR) is 193 cm³/mol. The maximum absolute atomic E-state index is 11.7. The Bertz CT molecular complexity index is 1780. The van der Waals surface area contributed by atoms with Crippen molar-refractivity contribution in [2.24, 2.45) is 11.8 Å². The minimum Gasteiger partial charge on any atom is -0.512 e. The van der Waals surface area contributed by atoms with Crippen LogP contribution in [-0.2, 0) is 24.9 Å². The van der Waals surface area contributed by atoms with E-state index in [4.69, 9.17) is 1.37 Å². The van der Waals surface area contributed by atoms with E-state index in [1.807, 2.05) is 39.8 Å². The van der Waals surface area contributed by atoms with Crippen molar-refractivity contribution in [3.05, 3.63) is 114 Å². The summed E-state index contributed by atoms with van der Waals surface area (Å²) in [7, 11) is 0. The van der Waals surface area contributed by atoms with Crippen molar-refractivity contribution in [2.45, 2.75) is 74.1 Å². The number of nitrogens with zero attached hydrogens (tertiary/aromatic N) is 1. The molecule has 0 aliphatic heterocycles. The van der Waals surface area contributed by atoms with Crippen LogP contribution in [0.5, 0.6) is 0 Å². The molecule has 0 aliphatic rings. The van der Waals surface area contributed by atoms with Crippen molar-refractivity contribution in [3.8, 4) is 32.8 Å². The first kappa shape index (κ1) is 35.5. The van der Waals surface area contributed by atoms with Crippen molar-refractivity contribution >= 4 is 27.2 Å². The van der Waals surface area contributed by atoms with Crippen LogP contribution in [0.4, 0.5) is 0 Å². The number of aromatic nitrogens is 1. The Morgan fingerprint density at radius 2 is 1.46 bits per heavy atom. The minimum atomic E-state index is 0. The fourth-order valence-corrected chi connectivity index (χ4v) is 7.09. The maximum Gasteiger partial charge on any atom is 0.162 e. The number of hydrogen-bond acceptors (Lipinski definition) is 4. The number of ketones is 1. The molecule has 5 heteroatoms. The zero-order valence-electron chi connectivity index (χ0n) is 29.0. The molecule has 46 heavy (non-hydrogen) atoms. The van der Waals surface area contributed by atoms with Crippen molar-refractivity contribution in [1.29, 1.82) is 0 Å². The Hall–Kier alpha value is -3.37. The number of fused-ring (bicyclic) bond motifs is 1. The molecular weight excluding hydrogens is 763 g/mol. The number of rotatable bonds is 10. The van der Waals surface area contributed by atoms with Crippen LogP contribution < -0.4 is 0 Å². The van der Waals surface area contributed by atoms with Gasteiger partial charge in [-0.05, 0) is 66.3 Å². The van der Waals surface area contributed by atoms with Crippen molar-refractivity contribution in [2.75, 3.05) is 0 Å². The van der Waals surface area contributed by atoms with Gasteiger partial charge in [0.05, 0.1) is 7.13 Å². The minimum absolute atomic E-state index is 0. The van der Waals surface area contributed by atoms with Crippen LogP contribution >= 0.6 is 11.3 Å². The number of aliphatic hydroxyl groups excluding tert-OH is 1. The van der Waals surface area contributed by atoms with E-state index in [9.17, 15) is 9.90 Å². The SMILES string of the molecule is CCC(CC)C(=O)/C=C(\O)C(CC)CC.[2H]c1cc2c(C)c(-c3ccc(-c4ccccc4)cc3)sc2c(-c2[c-]c(C)cc(C)c2)n1.[Ir]. The molecule has 1 N–H and O–H groups in total.